The van der Waals surface area contributed by atoms with Crippen LogP contribution in [0.3, 0.4) is 0 Å². The number of guanidine groups is 1. The topological polar surface area (TPSA) is 27.6 Å². The summed E-state index contributed by atoms with van der Waals surface area (Å²) < 4.78 is 0. The lowest BCUT2D eigenvalue weighted by Crippen LogP contribution is -2.36. The molecule has 3 nitrogen and oxygen atoms in total. The Bertz CT molecular complexity index is 632. The van der Waals surface area contributed by atoms with E-state index in [1.54, 1.807) is 0 Å². The number of aliphatic imine (C=N–C) groups is 1. The van der Waals surface area contributed by atoms with Crippen molar-refractivity contribution in [2.45, 2.75) is 47.0 Å². The number of rotatable bonds is 5. The summed E-state index contributed by atoms with van der Waals surface area (Å²) in [5.74, 6) is 0.867. The third-order valence-corrected chi connectivity index (χ3v) is 5.06. The number of aryl methyl sites for hydroxylation is 1. The third-order valence-electron chi connectivity index (χ3n) is 4.84. The maximum Gasteiger partial charge on any atom is 0.202 e. The van der Waals surface area contributed by atoms with Crippen LogP contribution in [-0.4, -0.2) is 24.5 Å². The van der Waals surface area contributed by atoms with Crippen LogP contribution >= 0.6 is 11.6 Å². The molecule has 1 aromatic rings. The number of hydrogen-bond acceptors (Lipinski definition) is 1. The highest BCUT2D eigenvalue weighted by molar-refractivity contribution is 6.31. The second-order valence-corrected chi connectivity index (χ2v) is 7.38. The minimum atomic E-state index is 0.328. The molecule has 0 saturated heterocycles. The molecule has 1 aliphatic rings. The van der Waals surface area contributed by atoms with Crippen molar-refractivity contribution in [1.29, 1.82) is 0 Å². The molecule has 1 aliphatic heterocycles. The Kier molecular flexibility index (Phi) is 5.41. The van der Waals surface area contributed by atoms with Crippen LogP contribution < -0.4 is 5.32 Å². The van der Waals surface area contributed by atoms with Crippen molar-refractivity contribution in [3.63, 3.8) is 0 Å². The molecule has 0 aliphatic carbocycles. The Morgan fingerprint density at radius 3 is 2.61 bits per heavy atom. The van der Waals surface area contributed by atoms with Crippen molar-refractivity contribution in [1.82, 2.24) is 4.90 Å². The van der Waals surface area contributed by atoms with Gasteiger partial charge < -0.3 is 10.2 Å². The summed E-state index contributed by atoms with van der Waals surface area (Å²) in [5, 5.41) is 4.24. The summed E-state index contributed by atoms with van der Waals surface area (Å²) in [5.41, 5.74) is 4.61. The number of fused-ring (bicyclic) bond motifs is 1. The van der Waals surface area contributed by atoms with Crippen LogP contribution in [0.25, 0.3) is 5.70 Å². The van der Waals surface area contributed by atoms with Crippen molar-refractivity contribution >= 4 is 28.9 Å². The molecule has 0 radical (unpaired) electrons. The van der Waals surface area contributed by atoms with Crippen molar-refractivity contribution in [2.24, 2.45) is 10.4 Å². The maximum atomic E-state index is 6.24. The van der Waals surface area contributed by atoms with Crippen molar-refractivity contribution in [2.75, 3.05) is 18.9 Å². The largest absolute Gasteiger partial charge is 0.325 e. The number of benzene rings is 1. The Labute approximate surface area is 145 Å². The number of halogens is 1. The number of nitrogens with one attached hydrogen (secondary N) is 1. The van der Waals surface area contributed by atoms with Crippen LogP contribution in [0.15, 0.2) is 23.7 Å². The molecule has 0 bridgehead atoms. The van der Waals surface area contributed by atoms with Gasteiger partial charge >= 0.3 is 0 Å². The molecule has 126 valence electrons. The molecule has 4 heteroatoms. The predicted octanol–water partition coefficient (Wildman–Crippen LogP) is 5.41. The van der Waals surface area contributed by atoms with Crippen molar-refractivity contribution < 1.29 is 0 Å². The van der Waals surface area contributed by atoms with Gasteiger partial charge in [-0.15, -0.1) is 0 Å². The van der Waals surface area contributed by atoms with E-state index in [0.717, 1.165) is 53.7 Å². The average molecular weight is 334 g/mol. The van der Waals surface area contributed by atoms with Crippen molar-refractivity contribution in [3.05, 3.63) is 34.9 Å². The van der Waals surface area contributed by atoms with E-state index in [2.05, 4.69) is 39.6 Å². The van der Waals surface area contributed by atoms with Crippen LogP contribution in [0.4, 0.5) is 5.69 Å². The van der Waals surface area contributed by atoms with Gasteiger partial charge in [0.25, 0.3) is 0 Å². The van der Waals surface area contributed by atoms with Crippen LogP contribution in [-0.2, 0) is 6.42 Å². The van der Waals surface area contributed by atoms with Crippen LogP contribution in [0.5, 0.6) is 0 Å². The SMILES string of the molecule is C=C1c2cc(Cl)cc(CC)c2NC(=NCCC(C)(C)CC)N1C. The Morgan fingerprint density at radius 1 is 1.30 bits per heavy atom. The molecule has 0 aromatic heterocycles. The fraction of sp³-hybridized carbons (Fsp3) is 0.526. The third kappa shape index (κ3) is 3.89. The van der Waals surface area contributed by atoms with Gasteiger partial charge in [0, 0.05) is 29.9 Å². The van der Waals surface area contributed by atoms with Gasteiger partial charge in [0.1, 0.15) is 0 Å². The van der Waals surface area contributed by atoms with E-state index in [-0.39, 0.29) is 0 Å². The summed E-state index contributed by atoms with van der Waals surface area (Å²) in [6.45, 7) is 14.0. The zero-order valence-electron chi connectivity index (χ0n) is 15.0. The minimum absolute atomic E-state index is 0.328. The van der Waals surface area contributed by atoms with Crippen LogP contribution in [0.1, 0.15) is 51.7 Å². The van der Waals surface area contributed by atoms with E-state index in [1.165, 1.54) is 5.56 Å². The van der Waals surface area contributed by atoms with Gasteiger partial charge in [0.2, 0.25) is 5.96 Å². The van der Waals surface area contributed by atoms with E-state index in [9.17, 15) is 0 Å². The number of anilines is 1. The summed E-state index contributed by atoms with van der Waals surface area (Å²) in [4.78, 5) is 6.79. The lowest BCUT2D eigenvalue weighted by molar-refractivity contribution is 0.328. The fourth-order valence-corrected chi connectivity index (χ4v) is 2.85. The Hall–Kier alpha value is -1.48. The molecular weight excluding hydrogens is 306 g/mol. The second kappa shape index (κ2) is 6.96. The molecule has 0 amide bonds. The maximum absolute atomic E-state index is 6.24. The molecular formula is C19H28ClN3. The zero-order chi connectivity index (χ0) is 17.2. The van der Waals surface area contributed by atoms with Gasteiger partial charge in [-0.3, -0.25) is 4.99 Å². The van der Waals surface area contributed by atoms with Gasteiger partial charge in [-0.25, -0.2) is 0 Å². The highest BCUT2D eigenvalue weighted by Crippen LogP contribution is 2.36. The average Bonchev–Trinajstić information content (AvgIpc) is 2.52. The first-order chi connectivity index (χ1) is 10.8. The van der Waals surface area contributed by atoms with Gasteiger partial charge in [-0.1, -0.05) is 52.3 Å². The van der Waals surface area contributed by atoms with E-state index in [1.807, 2.05) is 24.1 Å². The molecule has 1 aromatic carbocycles. The van der Waals surface area contributed by atoms with Gasteiger partial charge in [0.05, 0.1) is 5.69 Å². The molecule has 23 heavy (non-hydrogen) atoms. The smallest absolute Gasteiger partial charge is 0.202 e. The molecule has 0 spiro atoms. The summed E-state index contributed by atoms with van der Waals surface area (Å²) in [6.07, 6.45) is 3.15. The van der Waals surface area contributed by atoms with E-state index in [4.69, 9.17) is 16.6 Å². The Balaban J connectivity index is 2.28. The lowest BCUT2D eigenvalue weighted by atomic mass is 9.87. The van der Waals surface area contributed by atoms with Crippen LogP contribution in [0, 0.1) is 5.41 Å². The quantitative estimate of drug-likeness (QED) is 0.779. The normalized spacial score (nSPS) is 16.5. The minimum Gasteiger partial charge on any atom is -0.325 e. The molecule has 1 heterocycles. The number of hydrogen-bond donors (Lipinski definition) is 1. The monoisotopic (exact) mass is 333 g/mol. The summed E-state index contributed by atoms with van der Waals surface area (Å²) in [7, 11) is 1.99. The van der Waals surface area contributed by atoms with E-state index in [0.29, 0.717) is 5.41 Å². The lowest BCUT2D eigenvalue weighted by Gasteiger charge is -2.33. The van der Waals surface area contributed by atoms with Gasteiger partial charge in [-0.2, -0.15) is 0 Å². The standard InChI is InChI=1S/C19H28ClN3/c1-7-14-11-15(20)12-16-13(3)23(6)18(22-17(14)16)21-10-9-19(4,5)8-2/h11-12H,3,7-10H2,1-2,4-6H3,(H,21,22). The molecule has 2 rings (SSSR count). The summed E-state index contributed by atoms with van der Waals surface area (Å²) in [6, 6.07) is 3.99. The van der Waals surface area contributed by atoms with Gasteiger partial charge in [-0.05, 0) is 36.0 Å². The highest BCUT2D eigenvalue weighted by atomic mass is 35.5. The first kappa shape index (κ1) is 17.9. The summed E-state index contributed by atoms with van der Waals surface area (Å²) >= 11 is 6.24. The molecule has 0 unspecified atom stereocenters. The molecule has 0 atom stereocenters. The molecule has 0 saturated carbocycles. The first-order valence-electron chi connectivity index (χ1n) is 8.36. The second-order valence-electron chi connectivity index (χ2n) is 6.94. The van der Waals surface area contributed by atoms with E-state index < -0.39 is 0 Å². The fourth-order valence-electron chi connectivity index (χ4n) is 2.61. The van der Waals surface area contributed by atoms with Crippen LogP contribution in [0.2, 0.25) is 5.02 Å². The zero-order valence-corrected chi connectivity index (χ0v) is 15.7. The predicted molar refractivity (Wildman–Crippen MR) is 102 cm³/mol. The Morgan fingerprint density at radius 2 is 2.00 bits per heavy atom. The highest BCUT2D eigenvalue weighted by Gasteiger charge is 2.24. The molecule has 0 fully saturated rings. The van der Waals surface area contributed by atoms with Gasteiger partial charge in [0.15, 0.2) is 0 Å². The first-order valence-corrected chi connectivity index (χ1v) is 8.73. The van der Waals surface area contributed by atoms with E-state index >= 15 is 0 Å². The van der Waals surface area contributed by atoms with Crippen molar-refractivity contribution in [3.8, 4) is 0 Å². The number of nitrogens with zero attached hydrogens (tertiary/aromatic N) is 2. The molecule has 1 N–H and O–H groups in total.